The van der Waals surface area contributed by atoms with Crippen LogP contribution in [0.5, 0.6) is 0 Å². The smallest absolute Gasteiger partial charge is 0.0476 e. The van der Waals surface area contributed by atoms with Crippen LogP contribution in [-0.2, 0) is 0 Å². The van der Waals surface area contributed by atoms with Gasteiger partial charge in [-0.1, -0.05) is 29.8 Å². The van der Waals surface area contributed by atoms with Crippen molar-refractivity contribution in [1.82, 2.24) is 4.98 Å². The molecule has 2 aromatic carbocycles. The molecule has 0 saturated carbocycles. The Kier molecular flexibility index (Phi) is 2.45. The first-order valence-electron chi connectivity index (χ1n) is 5.62. The molecule has 0 radical (unpaired) electrons. The number of fused-ring (bicyclic) bond motifs is 1. The maximum atomic E-state index is 4.52. The van der Waals surface area contributed by atoms with Gasteiger partial charge < -0.3 is 4.98 Å². The van der Waals surface area contributed by atoms with E-state index in [4.69, 9.17) is 0 Å². The molecular weight excluding hydrogens is 226 g/mol. The molecule has 0 atom stereocenters. The number of nitrogens with one attached hydrogen (secondary N) is 1. The van der Waals surface area contributed by atoms with E-state index in [0.29, 0.717) is 0 Å². The van der Waals surface area contributed by atoms with Crippen molar-refractivity contribution in [2.24, 2.45) is 0 Å². The van der Waals surface area contributed by atoms with Gasteiger partial charge in [-0.25, -0.2) is 0 Å². The lowest BCUT2D eigenvalue weighted by atomic mass is 10.1. The number of benzene rings is 2. The lowest BCUT2D eigenvalue weighted by Crippen LogP contribution is -1.81. The molecule has 1 aromatic heterocycles. The Bertz CT molecular complexity index is 649. The SMILES string of the molecule is Cc1ccc(S)c(-c2cc3ccccc3[nH]2)c1. The van der Waals surface area contributed by atoms with E-state index >= 15 is 0 Å². The number of aromatic nitrogens is 1. The van der Waals surface area contributed by atoms with Crippen molar-refractivity contribution in [3.8, 4) is 11.3 Å². The van der Waals surface area contributed by atoms with Gasteiger partial charge in [-0.05, 0) is 31.2 Å². The second kappa shape index (κ2) is 3.97. The summed E-state index contributed by atoms with van der Waals surface area (Å²) in [6.45, 7) is 2.10. The monoisotopic (exact) mass is 239 g/mol. The van der Waals surface area contributed by atoms with Crippen molar-refractivity contribution in [1.29, 1.82) is 0 Å². The first-order valence-corrected chi connectivity index (χ1v) is 6.06. The Labute approximate surface area is 106 Å². The standard InChI is InChI=1S/C15H13NS/c1-10-6-7-15(17)12(8-10)14-9-11-4-2-3-5-13(11)16-14/h2-9,16-17H,1H3. The van der Waals surface area contributed by atoms with Crippen molar-refractivity contribution in [2.45, 2.75) is 11.8 Å². The van der Waals surface area contributed by atoms with Gasteiger partial charge in [0.05, 0.1) is 0 Å². The summed E-state index contributed by atoms with van der Waals surface area (Å²) in [5.41, 5.74) is 4.69. The first kappa shape index (κ1) is 10.5. The molecule has 2 heteroatoms. The van der Waals surface area contributed by atoms with Crippen molar-refractivity contribution < 1.29 is 0 Å². The molecule has 0 spiro atoms. The summed E-state index contributed by atoms with van der Waals surface area (Å²) in [4.78, 5) is 4.43. The second-order valence-corrected chi connectivity index (χ2v) is 4.77. The van der Waals surface area contributed by atoms with Gasteiger partial charge in [0.25, 0.3) is 0 Å². The lowest BCUT2D eigenvalue weighted by molar-refractivity contribution is 1.34. The molecule has 0 unspecified atom stereocenters. The molecule has 3 aromatic rings. The van der Waals surface area contributed by atoms with Gasteiger partial charge in [-0.2, -0.15) is 0 Å². The number of hydrogen-bond donors (Lipinski definition) is 2. The molecule has 1 heterocycles. The maximum absolute atomic E-state index is 4.52. The predicted octanol–water partition coefficient (Wildman–Crippen LogP) is 4.43. The molecule has 0 bridgehead atoms. The molecule has 17 heavy (non-hydrogen) atoms. The summed E-state index contributed by atoms with van der Waals surface area (Å²) in [7, 11) is 0. The van der Waals surface area contributed by atoms with E-state index < -0.39 is 0 Å². The molecule has 0 saturated heterocycles. The summed E-state index contributed by atoms with van der Waals surface area (Å²) < 4.78 is 0. The zero-order valence-electron chi connectivity index (χ0n) is 9.57. The van der Waals surface area contributed by atoms with E-state index in [2.05, 4.69) is 60.9 Å². The topological polar surface area (TPSA) is 15.8 Å². The minimum absolute atomic E-state index is 1.00. The first-order chi connectivity index (χ1) is 8.24. The molecular formula is C15H13NS. The van der Waals surface area contributed by atoms with Crippen molar-refractivity contribution in [2.75, 3.05) is 0 Å². The number of hydrogen-bond acceptors (Lipinski definition) is 1. The van der Waals surface area contributed by atoms with Crippen LogP contribution in [0, 0.1) is 6.92 Å². The van der Waals surface area contributed by atoms with Crippen LogP contribution in [-0.4, -0.2) is 4.98 Å². The highest BCUT2D eigenvalue weighted by Crippen LogP contribution is 2.29. The molecule has 1 nitrogen and oxygen atoms in total. The number of rotatable bonds is 1. The number of aromatic amines is 1. The van der Waals surface area contributed by atoms with Crippen LogP contribution >= 0.6 is 12.6 Å². The van der Waals surface area contributed by atoms with Crippen molar-refractivity contribution in [3.63, 3.8) is 0 Å². The van der Waals surface area contributed by atoms with Crippen LogP contribution in [0.3, 0.4) is 0 Å². The van der Waals surface area contributed by atoms with Gasteiger partial charge >= 0.3 is 0 Å². The Hall–Kier alpha value is -1.67. The normalized spacial score (nSPS) is 10.9. The van der Waals surface area contributed by atoms with Gasteiger partial charge in [-0.3, -0.25) is 0 Å². The van der Waals surface area contributed by atoms with Crippen LogP contribution in [0.1, 0.15) is 5.56 Å². The Morgan fingerprint density at radius 1 is 1.00 bits per heavy atom. The summed E-state index contributed by atoms with van der Waals surface area (Å²) >= 11 is 4.52. The lowest BCUT2D eigenvalue weighted by Gasteiger charge is -2.03. The largest absolute Gasteiger partial charge is 0.354 e. The van der Waals surface area contributed by atoms with Crippen LogP contribution in [0.2, 0.25) is 0 Å². The summed E-state index contributed by atoms with van der Waals surface area (Å²) in [6.07, 6.45) is 0. The van der Waals surface area contributed by atoms with Gasteiger partial charge in [0.15, 0.2) is 0 Å². The molecule has 0 amide bonds. The Morgan fingerprint density at radius 2 is 1.82 bits per heavy atom. The van der Waals surface area contributed by atoms with E-state index in [1.165, 1.54) is 10.9 Å². The fourth-order valence-corrected chi connectivity index (χ4v) is 2.34. The van der Waals surface area contributed by atoms with Crippen LogP contribution in [0.15, 0.2) is 53.4 Å². The second-order valence-electron chi connectivity index (χ2n) is 4.29. The quantitative estimate of drug-likeness (QED) is 0.584. The van der Waals surface area contributed by atoms with Crippen LogP contribution in [0.25, 0.3) is 22.2 Å². The highest BCUT2D eigenvalue weighted by atomic mass is 32.1. The van der Waals surface area contributed by atoms with Crippen molar-refractivity contribution in [3.05, 3.63) is 54.1 Å². The van der Waals surface area contributed by atoms with E-state index in [-0.39, 0.29) is 0 Å². The van der Waals surface area contributed by atoms with E-state index in [9.17, 15) is 0 Å². The van der Waals surface area contributed by atoms with Gasteiger partial charge in [0.1, 0.15) is 0 Å². The third-order valence-corrected chi connectivity index (χ3v) is 3.36. The molecule has 1 N–H and O–H groups in total. The molecule has 3 rings (SSSR count). The predicted molar refractivity (Wildman–Crippen MR) is 75.7 cm³/mol. The third kappa shape index (κ3) is 1.85. The average molecular weight is 239 g/mol. The van der Waals surface area contributed by atoms with Crippen molar-refractivity contribution >= 4 is 23.5 Å². The Morgan fingerprint density at radius 3 is 2.65 bits per heavy atom. The van der Waals surface area contributed by atoms with Crippen LogP contribution < -0.4 is 0 Å². The van der Waals surface area contributed by atoms with Gasteiger partial charge in [0.2, 0.25) is 0 Å². The molecule has 0 aliphatic rings. The molecule has 0 fully saturated rings. The minimum atomic E-state index is 1.00. The maximum Gasteiger partial charge on any atom is 0.0476 e. The highest BCUT2D eigenvalue weighted by molar-refractivity contribution is 7.80. The fraction of sp³-hybridized carbons (Fsp3) is 0.0667. The summed E-state index contributed by atoms with van der Waals surface area (Å²) in [5, 5.41) is 1.23. The highest BCUT2D eigenvalue weighted by Gasteiger charge is 2.06. The molecule has 0 aliphatic carbocycles. The van der Waals surface area contributed by atoms with E-state index in [1.54, 1.807) is 0 Å². The Balaban J connectivity index is 2.23. The van der Waals surface area contributed by atoms with Gasteiger partial charge in [0, 0.05) is 27.1 Å². The number of H-pyrrole nitrogens is 1. The zero-order valence-corrected chi connectivity index (χ0v) is 10.5. The molecule has 84 valence electrons. The van der Waals surface area contributed by atoms with E-state index in [1.807, 2.05) is 12.1 Å². The number of aryl methyl sites for hydroxylation is 1. The fourth-order valence-electron chi connectivity index (χ4n) is 2.08. The summed E-state index contributed by atoms with van der Waals surface area (Å²) in [6, 6.07) is 16.7. The van der Waals surface area contributed by atoms with Crippen LogP contribution in [0.4, 0.5) is 0 Å². The van der Waals surface area contributed by atoms with Gasteiger partial charge in [-0.15, -0.1) is 12.6 Å². The third-order valence-electron chi connectivity index (χ3n) is 2.97. The number of para-hydroxylation sites is 1. The summed E-state index contributed by atoms with van der Waals surface area (Å²) in [5.74, 6) is 0. The number of thiol groups is 1. The van der Waals surface area contributed by atoms with E-state index in [0.717, 1.165) is 21.7 Å². The molecule has 0 aliphatic heterocycles. The zero-order chi connectivity index (χ0) is 11.8. The average Bonchev–Trinajstić information content (AvgIpc) is 2.75. The minimum Gasteiger partial charge on any atom is -0.354 e.